The number of hydrogen-bond acceptors (Lipinski definition) is 5. The molecule has 214 valence electrons. The zero-order chi connectivity index (χ0) is 29.5. The molecule has 41 heavy (non-hydrogen) atoms. The van der Waals surface area contributed by atoms with E-state index in [2.05, 4.69) is 5.32 Å². The van der Waals surface area contributed by atoms with E-state index in [1.807, 2.05) is 13.0 Å². The molecular formula is C31H32FN3O6. The molecule has 0 aromatic heterocycles. The molecule has 0 spiro atoms. The molecule has 3 amide bonds. The van der Waals surface area contributed by atoms with Crippen LogP contribution in [-0.4, -0.2) is 65.0 Å². The Morgan fingerprint density at radius 3 is 2.32 bits per heavy atom. The Hall–Kier alpha value is -4.73. The summed E-state index contributed by atoms with van der Waals surface area (Å²) >= 11 is 0. The molecule has 2 unspecified atom stereocenters. The summed E-state index contributed by atoms with van der Waals surface area (Å²) in [7, 11) is 1.54. The number of carbonyl (C=O) groups is 4. The minimum atomic E-state index is -1.34. The smallest absolute Gasteiger partial charge is 0.305 e. The van der Waals surface area contributed by atoms with Crippen molar-refractivity contribution in [3.8, 4) is 5.75 Å². The van der Waals surface area contributed by atoms with Gasteiger partial charge in [0.25, 0.3) is 11.8 Å². The molecule has 10 heteroatoms. The predicted molar refractivity (Wildman–Crippen MR) is 149 cm³/mol. The van der Waals surface area contributed by atoms with Crippen molar-refractivity contribution in [3.63, 3.8) is 0 Å². The maximum atomic E-state index is 13.9. The van der Waals surface area contributed by atoms with Gasteiger partial charge in [0.05, 0.1) is 26.0 Å². The Kier molecular flexibility index (Phi) is 9.34. The van der Waals surface area contributed by atoms with Gasteiger partial charge in [0.1, 0.15) is 11.6 Å². The molecule has 2 atom stereocenters. The number of aryl methyl sites for hydroxylation is 1. The van der Waals surface area contributed by atoms with E-state index in [1.165, 1.54) is 29.0 Å². The number of hydrogen-bond donors (Lipinski definition) is 2. The molecule has 2 N–H and O–H groups in total. The van der Waals surface area contributed by atoms with E-state index < -0.39 is 42.2 Å². The summed E-state index contributed by atoms with van der Waals surface area (Å²) in [6.45, 7) is 2.25. The lowest BCUT2D eigenvalue weighted by Crippen LogP contribution is -2.64. The summed E-state index contributed by atoms with van der Waals surface area (Å²) in [6.07, 6.45) is -1.34. The summed E-state index contributed by atoms with van der Waals surface area (Å²) in [5.74, 6) is -2.61. The van der Waals surface area contributed by atoms with Crippen molar-refractivity contribution >= 4 is 23.7 Å². The monoisotopic (exact) mass is 561 g/mol. The van der Waals surface area contributed by atoms with Crippen LogP contribution in [0.1, 0.15) is 45.9 Å². The number of aliphatic carboxylic acids is 1. The topological polar surface area (TPSA) is 116 Å². The second-order valence-electron chi connectivity index (χ2n) is 9.92. The molecule has 1 heterocycles. The summed E-state index contributed by atoms with van der Waals surface area (Å²) in [6, 6.07) is 18.1. The van der Waals surface area contributed by atoms with Crippen molar-refractivity contribution in [2.24, 2.45) is 0 Å². The minimum Gasteiger partial charge on any atom is -0.497 e. The molecule has 0 saturated carbocycles. The number of carboxylic acid groups (broad SMARTS) is 1. The van der Waals surface area contributed by atoms with E-state index in [4.69, 9.17) is 4.74 Å². The van der Waals surface area contributed by atoms with Gasteiger partial charge < -0.3 is 25.0 Å². The number of amides is 3. The van der Waals surface area contributed by atoms with E-state index in [9.17, 15) is 28.7 Å². The Labute approximate surface area is 237 Å². The fraction of sp³-hybridized carbons (Fsp3) is 0.290. The SMILES string of the molecule is COc1ccc(CC(=O)N2CCCN(C(=O)c3ccc(F)cc3)C2C(=O)NC(CC(=O)O)c2cccc(C)c2)cc1. The third kappa shape index (κ3) is 7.27. The van der Waals surface area contributed by atoms with E-state index in [1.54, 1.807) is 42.5 Å². The molecule has 1 saturated heterocycles. The van der Waals surface area contributed by atoms with Gasteiger partial charge in [-0.05, 0) is 60.9 Å². The molecule has 1 aliphatic heterocycles. The van der Waals surface area contributed by atoms with Gasteiger partial charge in [-0.1, -0.05) is 42.0 Å². The Balaban J connectivity index is 1.67. The highest BCUT2D eigenvalue weighted by molar-refractivity contribution is 5.99. The van der Waals surface area contributed by atoms with Crippen LogP contribution in [0.25, 0.3) is 0 Å². The highest BCUT2D eigenvalue weighted by Gasteiger charge is 2.41. The Bertz CT molecular complexity index is 1410. The Morgan fingerprint density at radius 2 is 1.68 bits per heavy atom. The molecule has 9 nitrogen and oxygen atoms in total. The highest BCUT2D eigenvalue weighted by Crippen LogP contribution is 2.24. The number of rotatable bonds is 9. The van der Waals surface area contributed by atoms with Crippen molar-refractivity contribution in [1.82, 2.24) is 15.1 Å². The number of carbonyl (C=O) groups excluding carboxylic acids is 3. The second kappa shape index (κ2) is 13.1. The highest BCUT2D eigenvalue weighted by atomic mass is 19.1. The lowest BCUT2D eigenvalue weighted by atomic mass is 10.0. The summed E-state index contributed by atoms with van der Waals surface area (Å²) < 4.78 is 18.7. The number of nitrogens with one attached hydrogen (secondary N) is 1. The number of benzene rings is 3. The molecule has 3 aromatic rings. The minimum absolute atomic E-state index is 0.0250. The van der Waals surface area contributed by atoms with Gasteiger partial charge in [0.2, 0.25) is 5.91 Å². The van der Waals surface area contributed by atoms with Gasteiger partial charge in [-0.2, -0.15) is 0 Å². The number of ether oxygens (including phenoxy) is 1. The molecular weight excluding hydrogens is 529 g/mol. The molecule has 0 bridgehead atoms. The van der Waals surface area contributed by atoms with Crippen LogP contribution in [0, 0.1) is 12.7 Å². The lowest BCUT2D eigenvalue weighted by molar-refractivity contribution is -0.149. The standard InChI is InChI=1S/C31H32FN3O6/c1-20-5-3-6-23(17-20)26(19-28(37)38)33-29(39)30-34(27(36)18-21-7-13-25(41-2)14-8-21)15-4-16-35(30)31(40)22-9-11-24(32)12-10-22/h3,5-14,17,26,30H,4,15-16,18-19H2,1-2H3,(H,33,39)(H,37,38). The second-order valence-corrected chi connectivity index (χ2v) is 9.92. The molecule has 0 aliphatic carbocycles. The number of halogens is 1. The zero-order valence-corrected chi connectivity index (χ0v) is 22.9. The molecule has 4 rings (SSSR count). The quantitative estimate of drug-likeness (QED) is 0.412. The van der Waals surface area contributed by atoms with Gasteiger partial charge in [-0.3, -0.25) is 19.2 Å². The third-order valence-corrected chi connectivity index (χ3v) is 6.95. The van der Waals surface area contributed by atoms with Gasteiger partial charge in [0.15, 0.2) is 6.17 Å². The van der Waals surface area contributed by atoms with Gasteiger partial charge in [0, 0.05) is 18.7 Å². The maximum absolute atomic E-state index is 13.9. The van der Waals surface area contributed by atoms with Crippen molar-refractivity contribution in [2.75, 3.05) is 20.2 Å². The van der Waals surface area contributed by atoms with Crippen LogP contribution in [-0.2, 0) is 20.8 Å². The number of carboxylic acids is 1. The van der Waals surface area contributed by atoms with Crippen LogP contribution in [0.15, 0.2) is 72.8 Å². The first-order chi connectivity index (χ1) is 19.7. The first-order valence-electron chi connectivity index (χ1n) is 13.2. The molecule has 0 radical (unpaired) electrons. The summed E-state index contributed by atoms with van der Waals surface area (Å²) in [4.78, 5) is 55.4. The van der Waals surface area contributed by atoms with E-state index in [-0.39, 0.29) is 31.0 Å². The summed E-state index contributed by atoms with van der Waals surface area (Å²) in [5.41, 5.74) is 2.33. The number of methoxy groups -OCH3 is 1. The average Bonchev–Trinajstić information content (AvgIpc) is 2.96. The largest absolute Gasteiger partial charge is 0.497 e. The third-order valence-electron chi connectivity index (χ3n) is 6.95. The molecule has 1 fully saturated rings. The van der Waals surface area contributed by atoms with Crippen molar-refractivity contribution < 1.29 is 33.4 Å². The average molecular weight is 562 g/mol. The van der Waals surface area contributed by atoms with Crippen LogP contribution in [0.5, 0.6) is 5.75 Å². The van der Waals surface area contributed by atoms with E-state index in [0.29, 0.717) is 23.3 Å². The van der Waals surface area contributed by atoms with Crippen LogP contribution in [0.4, 0.5) is 4.39 Å². The van der Waals surface area contributed by atoms with Crippen molar-refractivity contribution in [2.45, 2.75) is 38.4 Å². The maximum Gasteiger partial charge on any atom is 0.305 e. The zero-order valence-electron chi connectivity index (χ0n) is 22.9. The number of nitrogens with zero attached hydrogens (tertiary/aromatic N) is 2. The Morgan fingerprint density at radius 1 is 1.00 bits per heavy atom. The first-order valence-corrected chi connectivity index (χ1v) is 13.2. The summed E-state index contributed by atoms with van der Waals surface area (Å²) in [5, 5.41) is 12.4. The van der Waals surface area contributed by atoms with E-state index in [0.717, 1.165) is 17.7 Å². The van der Waals surface area contributed by atoms with E-state index >= 15 is 0 Å². The van der Waals surface area contributed by atoms with Gasteiger partial charge in [-0.15, -0.1) is 0 Å². The van der Waals surface area contributed by atoms with Crippen LogP contribution in [0.3, 0.4) is 0 Å². The fourth-order valence-electron chi connectivity index (χ4n) is 4.92. The first kappa shape index (κ1) is 29.3. The molecule has 3 aromatic carbocycles. The van der Waals surface area contributed by atoms with Crippen LogP contribution in [0.2, 0.25) is 0 Å². The molecule has 1 aliphatic rings. The van der Waals surface area contributed by atoms with Gasteiger partial charge in [-0.25, -0.2) is 4.39 Å². The predicted octanol–water partition coefficient (Wildman–Crippen LogP) is 3.72. The lowest BCUT2D eigenvalue weighted by Gasteiger charge is -2.43. The van der Waals surface area contributed by atoms with Crippen molar-refractivity contribution in [3.05, 3.63) is 101 Å². The van der Waals surface area contributed by atoms with Gasteiger partial charge >= 0.3 is 5.97 Å². The fourth-order valence-corrected chi connectivity index (χ4v) is 4.92. The van der Waals surface area contributed by atoms with Crippen LogP contribution < -0.4 is 10.1 Å². The normalized spacial score (nSPS) is 15.6. The van der Waals surface area contributed by atoms with Crippen molar-refractivity contribution in [1.29, 1.82) is 0 Å². The van der Waals surface area contributed by atoms with Crippen LogP contribution >= 0.6 is 0 Å².